The van der Waals surface area contributed by atoms with E-state index >= 15 is 0 Å². The van der Waals surface area contributed by atoms with Crippen LogP contribution in [-0.2, 0) is 14.3 Å². The summed E-state index contributed by atoms with van der Waals surface area (Å²) in [6.07, 6.45) is 2.11. The molecule has 0 bridgehead atoms. The second kappa shape index (κ2) is 9.82. The molecule has 1 fully saturated rings. The fraction of sp³-hybridized carbons (Fsp3) is 0.579. The van der Waals surface area contributed by atoms with Gasteiger partial charge in [-0.2, -0.15) is 0 Å². The van der Waals surface area contributed by atoms with Crippen LogP contribution < -0.4 is 10.6 Å². The number of carbonyl (C=O) groups is 2. The Bertz CT molecular complexity index is 569. The summed E-state index contributed by atoms with van der Waals surface area (Å²) in [5.74, 6) is 0.637. The Morgan fingerprint density at radius 3 is 2.56 bits per heavy atom. The molecule has 1 aliphatic heterocycles. The van der Waals surface area contributed by atoms with Crippen molar-refractivity contribution in [2.75, 3.05) is 18.9 Å². The third-order valence-corrected chi connectivity index (χ3v) is 5.29. The van der Waals surface area contributed by atoms with Gasteiger partial charge in [-0.05, 0) is 36.5 Å². The Labute approximate surface area is 154 Å². The molecule has 25 heavy (non-hydrogen) atoms. The number of hydrogen-bond acceptors (Lipinski definition) is 4. The highest BCUT2D eigenvalue weighted by Crippen LogP contribution is 2.22. The summed E-state index contributed by atoms with van der Waals surface area (Å²) in [6, 6.07) is 7.80. The van der Waals surface area contributed by atoms with E-state index in [2.05, 4.69) is 48.7 Å². The van der Waals surface area contributed by atoms with Crippen LogP contribution >= 0.6 is 11.8 Å². The second-order valence-electron chi connectivity index (χ2n) is 6.67. The average molecular weight is 365 g/mol. The molecule has 0 radical (unpaired) electrons. The summed E-state index contributed by atoms with van der Waals surface area (Å²) in [5.41, 5.74) is 1.29. The van der Waals surface area contributed by atoms with Crippen molar-refractivity contribution >= 4 is 23.6 Å². The first-order valence-corrected chi connectivity index (χ1v) is 9.83. The van der Waals surface area contributed by atoms with Gasteiger partial charge in [-0.1, -0.05) is 26.0 Å². The molecule has 2 N–H and O–H groups in total. The summed E-state index contributed by atoms with van der Waals surface area (Å²) < 4.78 is 5.52. The Kier molecular flexibility index (Phi) is 7.78. The highest BCUT2D eigenvalue weighted by atomic mass is 32.2. The van der Waals surface area contributed by atoms with Crippen LogP contribution in [0.2, 0.25) is 0 Å². The van der Waals surface area contributed by atoms with E-state index in [1.54, 1.807) is 11.8 Å². The Morgan fingerprint density at radius 2 is 2.00 bits per heavy atom. The van der Waals surface area contributed by atoms with Gasteiger partial charge in [-0.15, -0.1) is 11.8 Å². The maximum absolute atomic E-state index is 12.4. The maximum Gasteiger partial charge on any atom is 0.243 e. The quantitative estimate of drug-likeness (QED) is 0.696. The van der Waals surface area contributed by atoms with Gasteiger partial charge in [0.05, 0.1) is 6.10 Å². The number of ether oxygens (including phenoxy) is 1. The molecule has 1 aromatic carbocycles. The van der Waals surface area contributed by atoms with E-state index in [9.17, 15) is 9.59 Å². The van der Waals surface area contributed by atoms with E-state index < -0.39 is 6.04 Å². The molecule has 138 valence electrons. The number of benzene rings is 1. The van der Waals surface area contributed by atoms with Gasteiger partial charge in [0.1, 0.15) is 6.04 Å². The first-order chi connectivity index (χ1) is 12.0. The highest BCUT2D eigenvalue weighted by Gasteiger charge is 2.22. The van der Waals surface area contributed by atoms with Crippen LogP contribution in [0.15, 0.2) is 29.2 Å². The lowest BCUT2D eigenvalue weighted by Crippen LogP contribution is -2.49. The molecule has 0 saturated carbocycles. The third kappa shape index (κ3) is 6.71. The molecular weight excluding hydrogens is 336 g/mol. The normalized spacial score (nSPS) is 18.2. The minimum Gasteiger partial charge on any atom is -0.376 e. The van der Waals surface area contributed by atoms with Crippen molar-refractivity contribution in [3.63, 3.8) is 0 Å². The number of rotatable bonds is 8. The van der Waals surface area contributed by atoms with E-state index in [-0.39, 0.29) is 17.9 Å². The van der Waals surface area contributed by atoms with Crippen LogP contribution in [0.4, 0.5) is 0 Å². The zero-order valence-electron chi connectivity index (χ0n) is 15.2. The smallest absolute Gasteiger partial charge is 0.243 e. The monoisotopic (exact) mass is 364 g/mol. The predicted molar refractivity (Wildman–Crippen MR) is 101 cm³/mol. The Morgan fingerprint density at radius 1 is 1.28 bits per heavy atom. The van der Waals surface area contributed by atoms with E-state index in [0.717, 1.165) is 24.3 Å². The van der Waals surface area contributed by atoms with Crippen molar-refractivity contribution in [1.29, 1.82) is 0 Å². The van der Waals surface area contributed by atoms with Crippen molar-refractivity contribution in [2.45, 2.75) is 56.6 Å². The van der Waals surface area contributed by atoms with E-state index in [1.807, 2.05) is 0 Å². The molecule has 0 spiro atoms. The van der Waals surface area contributed by atoms with Gasteiger partial charge in [0.25, 0.3) is 0 Å². The van der Waals surface area contributed by atoms with E-state index in [1.165, 1.54) is 12.5 Å². The van der Waals surface area contributed by atoms with Crippen LogP contribution in [0.5, 0.6) is 0 Å². The van der Waals surface area contributed by atoms with Gasteiger partial charge in [-0.25, -0.2) is 0 Å². The number of thioether (sulfide) groups is 1. The lowest BCUT2D eigenvalue weighted by Gasteiger charge is -2.19. The minimum absolute atomic E-state index is 0.0955. The van der Waals surface area contributed by atoms with Crippen LogP contribution in [0.3, 0.4) is 0 Å². The van der Waals surface area contributed by atoms with E-state index in [4.69, 9.17) is 4.74 Å². The lowest BCUT2D eigenvalue weighted by atomic mass is 10.0. The molecule has 5 nitrogen and oxygen atoms in total. The van der Waals surface area contributed by atoms with Gasteiger partial charge in [0, 0.05) is 30.7 Å². The predicted octanol–water partition coefficient (Wildman–Crippen LogP) is 2.70. The van der Waals surface area contributed by atoms with Crippen LogP contribution in [0.25, 0.3) is 0 Å². The van der Waals surface area contributed by atoms with Crippen molar-refractivity contribution in [3.8, 4) is 0 Å². The number of nitrogens with one attached hydrogen (secondary N) is 2. The van der Waals surface area contributed by atoms with Crippen LogP contribution in [0, 0.1) is 0 Å². The number of hydrogen-bond donors (Lipinski definition) is 2. The molecular formula is C19H28N2O3S. The average Bonchev–Trinajstić information content (AvgIpc) is 3.10. The fourth-order valence-electron chi connectivity index (χ4n) is 2.70. The minimum atomic E-state index is -0.548. The molecule has 0 aliphatic carbocycles. The van der Waals surface area contributed by atoms with Crippen LogP contribution in [-0.4, -0.2) is 42.9 Å². The number of amides is 2. The molecule has 2 atom stereocenters. The fourth-order valence-corrected chi connectivity index (χ4v) is 3.62. The molecule has 1 aliphatic rings. The van der Waals surface area contributed by atoms with Gasteiger partial charge in [0.15, 0.2) is 0 Å². The van der Waals surface area contributed by atoms with Gasteiger partial charge >= 0.3 is 0 Å². The Balaban J connectivity index is 1.87. The first-order valence-electron chi connectivity index (χ1n) is 8.85. The van der Waals surface area contributed by atoms with Gasteiger partial charge < -0.3 is 15.4 Å². The van der Waals surface area contributed by atoms with Gasteiger partial charge in [0.2, 0.25) is 11.8 Å². The Hall–Kier alpha value is -1.53. The summed E-state index contributed by atoms with van der Waals surface area (Å²) in [5, 5.41) is 5.64. The topological polar surface area (TPSA) is 67.4 Å². The summed E-state index contributed by atoms with van der Waals surface area (Å²) in [6.45, 7) is 7.02. The zero-order valence-corrected chi connectivity index (χ0v) is 16.0. The molecule has 1 aromatic rings. The molecule has 0 aromatic heterocycles. The molecule has 2 amide bonds. The van der Waals surface area contributed by atoms with Crippen LogP contribution in [0.1, 0.15) is 45.1 Å². The molecule has 1 heterocycles. The van der Waals surface area contributed by atoms with Crippen molar-refractivity contribution in [1.82, 2.24) is 10.6 Å². The van der Waals surface area contributed by atoms with Crippen molar-refractivity contribution in [2.24, 2.45) is 0 Å². The summed E-state index contributed by atoms with van der Waals surface area (Å²) >= 11 is 1.57. The van der Waals surface area contributed by atoms with Gasteiger partial charge in [-0.3, -0.25) is 9.59 Å². The SMILES string of the molecule is CC(=O)NC(CSc1ccc(C(C)C)cc1)C(=O)NCC1CCCO1. The maximum atomic E-state index is 12.4. The summed E-state index contributed by atoms with van der Waals surface area (Å²) in [4.78, 5) is 24.9. The molecule has 6 heteroatoms. The lowest BCUT2D eigenvalue weighted by molar-refractivity contribution is -0.127. The first kappa shape index (κ1) is 19.8. The molecule has 2 unspecified atom stereocenters. The third-order valence-electron chi connectivity index (χ3n) is 4.19. The van der Waals surface area contributed by atoms with E-state index in [0.29, 0.717) is 18.2 Å². The second-order valence-corrected chi connectivity index (χ2v) is 7.76. The highest BCUT2D eigenvalue weighted by molar-refractivity contribution is 7.99. The standard InChI is InChI=1S/C19H28N2O3S/c1-13(2)15-6-8-17(9-7-15)25-12-18(21-14(3)22)19(23)20-11-16-5-4-10-24-16/h6-9,13,16,18H,4-5,10-12H2,1-3H3,(H,20,23)(H,21,22). The van der Waals surface area contributed by atoms with Crippen molar-refractivity contribution in [3.05, 3.63) is 29.8 Å². The zero-order chi connectivity index (χ0) is 18.2. The largest absolute Gasteiger partial charge is 0.376 e. The van der Waals surface area contributed by atoms with Crippen molar-refractivity contribution < 1.29 is 14.3 Å². The molecule has 2 rings (SSSR count). The molecule has 1 saturated heterocycles. The summed E-state index contributed by atoms with van der Waals surface area (Å²) in [7, 11) is 0. The number of carbonyl (C=O) groups excluding carboxylic acids is 2.